The number of carbonyl (C=O) groups is 4. The second-order valence-corrected chi connectivity index (χ2v) is 31.3. The van der Waals surface area contributed by atoms with Gasteiger partial charge in [0.05, 0.1) is 26.4 Å². The summed E-state index contributed by atoms with van der Waals surface area (Å²) in [5, 5.41) is 10.7. The van der Waals surface area contributed by atoms with Gasteiger partial charge in [0.15, 0.2) is 12.2 Å². The third-order valence-corrected chi connectivity index (χ3v) is 19.9. The van der Waals surface area contributed by atoms with E-state index in [1.807, 2.05) is 0 Å². The van der Waals surface area contributed by atoms with Gasteiger partial charge in [0.2, 0.25) is 0 Å². The zero-order chi connectivity index (χ0) is 77.4. The summed E-state index contributed by atoms with van der Waals surface area (Å²) in [5.41, 5.74) is 0. The van der Waals surface area contributed by atoms with E-state index in [0.717, 1.165) is 199 Å². The Morgan fingerprint density at radius 1 is 0.274 bits per heavy atom. The fourth-order valence-electron chi connectivity index (χ4n) is 11.5. The van der Waals surface area contributed by atoms with Crippen LogP contribution in [-0.2, 0) is 65.4 Å². The number of unbranched alkanes of at least 4 members (excludes halogenated alkanes) is 38. The van der Waals surface area contributed by atoms with Crippen molar-refractivity contribution in [1.82, 2.24) is 0 Å². The molecule has 0 aliphatic rings. The van der Waals surface area contributed by atoms with Gasteiger partial charge in [-0.25, -0.2) is 9.13 Å². The van der Waals surface area contributed by atoms with Crippen LogP contribution in [0.1, 0.15) is 374 Å². The molecule has 19 heteroatoms. The third-order valence-electron chi connectivity index (χ3n) is 18.0. The number of carbonyl (C=O) groups excluding carboxylic acids is 4. The molecule has 0 saturated heterocycles. The molecule has 5 unspecified atom stereocenters. The van der Waals surface area contributed by atoms with Crippen molar-refractivity contribution >= 4 is 39.5 Å². The number of hydrogen-bond donors (Lipinski definition) is 3. The van der Waals surface area contributed by atoms with E-state index in [-0.39, 0.29) is 25.7 Å². The van der Waals surface area contributed by atoms with Crippen LogP contribution in [0.3, 0.4) is 0 Å². The Balaban J connectivity index is 5.38. The summed E-state index contributed by atoms with van der Waals surface area (Å²) in [7, 11) is -9.97. The molecule has 0 aromatic rings. The van der Waals surface area contributed by atoms with Gasteiger partial charge < -0.3 is 33.8 Å². The molecule has 106 heavy (non-hydrogen) atoms. The van der Waals surface area contributed by atoms with Crippen LogP contribution in [0.4, 0.5) is 0 Å². The standard InChI is InChI=1S/C87H154O17P2/c1-5-9-13-17-21-25-29-33-37-39-40-42-45-48-52-56-60-64-68-72-85(90)98-78-83(104-87(92)74-70-66-62-58-54-50-46-41-38-34-30-26-22-18-14-10-6-2)80-102-106(95,96)100-76-81(88)75-99-105(93,94)101-79-82(103-86(91)73-69-65-61-57-53-49-44-36-32-28-24-20-16-12-8-4)77-97-84(89)71-67-63-59-55-51-47-43-35-31-27-23-19-15-11-7-3/h10,14,21-22,25-26,33-38,40,42-44,81-83,88H,5-9,11-13,15-20,23-24,27-32,39,41,45-80H2,1-4H3,(H,93,94)(H,95,96)/b14-10-,25-21-,26-22-,37-33-,38-34-,42-40-,43-35-,44-36-. The molecule has 0 aliphatic carbocycles. The van der Waals surface area contributed by atoms with Crippen molar-refractivity contribution in [2.75, 3.05) is 39.6 Å². The van der Waals surface area contributed by atoms with Crippen LogP contribution < -0.4 is 0 Å². The number of aliphatic hydroxyl groups is 1. The highest BCUT2D eigenvalue weighted by Gasteiger charge is 2.30. The van der Waals surface area contributed by atoms with Gasteiger partial charge in [-0.1, -0.05) is 298 Å². The predicted octanol–water partition coefficient (Wildman–Crippen LogP) is 25.1. The minimum Gasteiger partial charge on any atom is -0.462 e. The molecule has 0 aliphatic heterocycles. The summed E-state index contributed by atoms with van der Waals surface area (Å²) in [6, 6.07) is 0. The molecule has 0 radical (unpaired) electrons. The smallest absolute Gasteiger partial charge is 0.462 e. The van der Waals surface area contributed by atoms with Crippen molar-refractivity contribution in [2.24, 2.45) is 0 Å². The first kappa shape index (κ1) is 102. The summed E-state index contributed by atoms with van der Waals surface area (Å²) in [6.07, 6.45) is 85.0. The molecule has 0 heterocycles. The third kappa shape index (κ3) is 78.1. The monoisotopic (exact) mass is 1530 g/mol. The minimum atomic E-state index is -4.99. The van der Waals surface area contributed by atoms with E-state index in [0.29, 0.717) is 25.7 Å². The first-order valence-corrected chi connectivity index (χ1v) is 45.5. The molecule has 17 nitrogen and oxygen atoms in total. The number of phosphoric ester groups is 2. The average Bonchev–Trinajstić information content (AvgIpc) is 0.907. The summed E-state index contributed by atoms with van der Waals surface area (Å²) >= 11 is 0. The molecule has 0 fully saturated rings. The summed E-state index contributed by atoms with van der Waals surface area (Å²) in [4.78, 5) is 73.2. The molecule has 614 valence electrons. The first-order valence-electron chi connectivity index (χ1n) is 42.5. The molecule has 5 atom stereocenters. The van der Waals surface area contributed by atoms with E-state index in [1.165, 1.54) is 96.3 Å². The lowest BCUT2D eigenvalue weighted by atomic mass is 10.1. The lowest BCUT2D eigenvalue weighted by Crippen LogP contribution is -2.30. The van der Waals surface area contributed by atoms with E-state index in [9.17, 15) is 43.2 Å². The Kier molecular flexibility index (Phi) is 76.1. The van der Waals surface area contributed by atoms with Crippen molar-refractivity contribution in [3.63, 3.8) is 0 Å². The van der Waals surface area contributed by atoms with Gasteiger partial charge in [-0.2, -0.15) is 0 Å². The van der Waals surface area contributed by atoms with Gasteiger partial charge >= 0.3 is 39.5 Å². The Morgan fingerprint density at radius 2 is 0.491 bits per heavy atom. The van der Waals surface area contributed by atoms with Crippen LogP contribution in [-0.4, -0.2) is 96.7 Å². The zero-order valence-electron chi connectivity index (χ0n) is 67.3. The summed E-state index contributed by atoms with van der Waals surface area (Å²) in [6.45, 7) is 4.75. The number of rotatable bonds is 80. The fraction of sp³-hybridized carbons (Fsp3) is 0.770. The normalized spacial score (nSPS) is 14.3. The highest BCUT2D eigenvalue weighted by molar-refractivity contribution is 7.47. The van der Waals surface area contributed by atoms with E-state index in [1.54, 1.807) is 0 Å². The van der Waals surface area contributed by atoms with Crippen molar-refractivity contribution in [2.45, 2.75) is 393 Å². The van der Waals surface area contributed by atoms with Crippen molar-refractivity contribution < 1.29 is 80.2 Å². The maximum absolute atomic E-state index is 13.1. The van der Waals surface area contributed by atoms with Gasteiger partial charge in [-0.3, -0.25) is 37.3 Å². The van der Waals surface area contributed by atoms with Gasteiger partial charge in [0, 0.05) is 25.7 Å². The highest BCUT2D eigenvalue weighted by Crippen LogP contribution is 2.45. The number of hydrogen-bond acceptors (Lipinski definition) is 15. The molecule has 3 N–H and O–H groups in total. The van der Waals surface area contributed by atoms with Crippen LogP contribution in [0.5, 0.6) is 0 Å². The van der Waals surface area contributed by atoms with Crippen molar-refractivity contribution in [3.8, 4) is 0 Å². The largest absolute Gasteiger partial charge is 0.472 e. The van der Waals surface area contributed by atoms with Gasteiger partial charge in [-0.05, 0) is 148 Å². The quantitative estimate of drug-likeness (QED) is 0.0169. The lowest BCUT2D eigenvalue weighted by molar-refractivity contribution is -0.161. The SMILES string of the molecule is CC/C=C\C/C=C\C/C=C\CCCCCCCCCC(=O)OC(COC(=O)CCCCCCCC/C=C\C/C=C\C/C=C\CCCCC)COP(=O)(O)OCC(O)COP(=O)(O)OCC(COC(=O)CCCCCCC/C=C\CCCCCCCC)OC(=O)CCCCCCC/C=C\CCCCCCCC. The molecular weight excluding hydrogens is 1380 g/mol. The van der Waals surface area contributed by atoms with Crippen LogP contribution in [0.15, 0.2) is 97.2 Å². The Bertz CT molecular complexity index is 2380. The fourth-order valence-corrected chi connectivity index (χ4v) is 13.1. The molecule has 0 saturated carbocycles. The second kappa shape index (κ2) is 79.1. The van der Waals surface area contributed by atoms with Crippen LogP contribution >= 0.6 is 15.6 Å². The lowest BCUT2D eigenvalue weighted by Gasteiger charge is -2.21. The summed E-state index contributed by atoms with van der Waals surface area (Å²) < 4.78 is 68.8. The van der Waals surface area contributed by atoms with E-state index >= 15 is 0 Å². The average molecular weight is 1530 g/mol. The van der Waals surface area contributed by atoms with E-state index in [4.69, 9.17) is 37.0 Å². The predicted molar refractivity (Wildman–Crippen MR) is 436 cm³/mol. The molecule has 0 aromatic carbocycles. The van der Waals surface area contributed by atoms with Crippen molar-refractivity contribution in [3.05, 3.63) is 97.2 Å². The zero-order valence-corrected chi connectivity index (χ0v) is 69.1. The molecule has 0 amide bonds. The molecule has 0 spiro atoms. The number of aliphatic hydroxyl groups excluding tert-OH is 1. The Labute approximate surface area is 646 Å². The van der Waals surface area contributed by atoms with Crippen molar-refractivity contribution in [1.29, 1.82) is 0 Å². The second-order valence-electron chi connectivity index (χ2n) is 28.4. The molecule has 0 rings (SSSR count). The van der Waals surface area contributed by atoms with E-state index < -0.39 is 97.5 Å². The molecule has 0 bridgehead atoms. The van der Waals surface area contributed by atoms with Gasteiger partial charge in [0.25, 0.3) is 0 Å². The number of allylic oxidation sites excluding steroid dienone is 16. The first-order chi connectivity index (χ1) is 51.7. The van der Waals surface area contributed by atoms with E-state index in [2.05, 4.69) is 125 Å². The highest BCUT2D eigenvalue weighted by atomic mass is 31.2. The molecular formula is C87H154O17P2. The van der Waals surface area contributed by atoms with Gasteiger partial charge in [0.1, 0.15) is 19.3 Å². The number of phosphoric acid groups is 2. The maximum atomic E-state index is 13.1. The Hall–Kier alpha value is -4.02. The van der Waals surface area contributed by atoms with Gasteiger partial charge in [-0.15, -0.1) is 0 Å². The minimum absolute atomic E-state index is 0.0805. The van der Waals surface area contributed by atoms with Crippen LogP contribution in [0, 0.1) is 0 Å². The number of esters is 4. The summed E-state index contributed by atoms with van der Waals surface area (Å²) in [5.74, 6) is -2.19. The van der Waals surface area contributed by atoms with Crippen LogP contribution in [0.2, 0.25) is 0 Å². The maximum Gasteiger partial charge on any atom is 0.472 e. The molecule has 0 aromatic heterocycles. The number of ether oxygens (including phenoxy) is 4. The van der Waals surface area contributed by atoms with Crippen LogP contribution in [0.25, 0.3) is 0 Å². The topological polar surface area (TPSA) is 237 Å². The Morgan fingerprint density at radius 3 is 0.783 bits per heavy atom.